The molecule has 1 atom stereocenters. The van der Waals surface area contributed by atoms with Crippen LogP contribution in [0.25, 0.3) is 21.3 Å². The molecular weight excluding hydrogens is 595 g/mol. The van der Waals surface area contributed by atoms with E-state index in [4.69, 9.17) is 0 Å². The summed E-state index contributed by atoms with van der Waals surface area (Å²) >= 11 is 1.20. The minimum absolute atomic E-state index is 0.218. The molecule has 0 saturated heterocycles. The molecule has 2 aromatic heterocycles. The minimum atomic E-state index is -0.897. The molecule has 0 bridgehead atoms. The Balaban J connectivity index is 1.20. The van der Waals surface area contributed by atoms with Crippen molar-refractivity contribution in [1.82, 2.24) is 20.2 Å². The van der Waals surface area contributed by atoms with Gasteiger partial charge < -0.3 is 15.5 Å². The van der Waals surface area contributed by atoms with Crippen LogP contribution < -0.4 is 10.6 Å². The molecule has 8 nitrogen and oxygen atoms in total. The van der Waals surface area contributed by atoms with Gasteiger partial charge in [-0.1, -0.05) is 84.4 Å². The van der Waals surface area contributed by atoms with Crippen LogP contribution in [0.5, 0.6) is 0 Å². The summed E-state index contributed by atoms with van der Waals surface area (Å²) in [7, 11) is 1.73. The summed E-state index contributed by atoms with van der Waals surface area (Å²) in [5.41, 5.74) is 6.14. The van der Waals surface area contributed by atoms with Gasteiger partial charge in [-0.3, -0.25) is 19.4 Å². The molecule has 0 aliphatic carbocycles. The number of nitrogens with one attached hydrogen (secondary N) is 2. The van der Waals surface area contributed by atoms with Crippen LogP contribution in [0.3, 0.4) is 0 Å². The van der Waals surface area contributed by atoms with Crippen molar-refractivity contribution >= 4 is 45.0 Å². The van der Waals surface area contributed by atoms with Crippen molar-refractivity contribution in [2.45, 2.75) is 19.5 Å². The van der Waals surface area contributed by atoms with Gasteiger partial charge in [0.2, 0.25) is 5.91 Å². The van der Waals surface area contributed by atoms with Crippen molar-refractivity contribution in [3.63, 3.8) is 0 Å². The molecule has 6 aromatic rings. The standard InChI is InChI=1S/C37H31N5O3S/c1-24-14-16-25(17-15-24)23-42(2)37(45)33(26-9-4-3-5-10-26)41-35(44)36-40-31-19-18-28(21-32(31)46-36)39-34(43)30-13-7-6-12-29(30)27-11-8-20-38-22-27/h3-22,33H,23H2,1-2H3,(H,39,43)(H,41,44)/t33-/m0/s1. The number of carbonyl (C=O) groups is 3. The molecule has 228 valence electrons. The Morgan fingerprint density at radius 3 is 2.37 bits per heavy atom. The monoisotopic (exact) mass is 625 g/mol. The van der Waals surface area contributed by atoms with E-state index in [2.05, 4.69) is 20.6 Å². The number of hydrogen-bond acceptors (Lipinski definition) is 6. The molecule has 0 spiro atoms. The number of amides is 3. The summed E-state index contributed by atoms with van der Waals surface area (Å²) in [5.74, 6) is -0.957. The first kappa shape index (κ1) is 30.4. The number of pyridine rings is 1. The van der Waals surface area contributed by atoms with E-state index in [0.717, 1.165) is 27.0 Å². The molecule has 3 amide bonds. The summed E-state index contributed by atoms with van der Waals surface area (Å²) in [5, 5.41) is 6.11. The molecule has 46 heavy (non-hydrogen) atoms. The number of aromatic nitrogens is 2. The molecular formula is C37H31N5O3S. The summed E-state index contributed by atoms with van der Waals surface area (Å²) in [4.78, 5) is 50.9. The van der Waals surface area contributed by atoms with Gasteiger partial charge in [0, 0.05) is 42.8 Å². The number of likely N-dealkylation sites (N-methyl/N-ethyl adjacent to an activating group) is 1. The van der Waals surface area contributed by atoms with E-state index in [1.165, 1.54) is 11.3 Å². The van der Waals surface area contributed by atoms with Gasteiger partial charge in [0.25, 0.3) is 11.8 Å². The number of aryl methyl sites for hydroxylation is 1. The highest BCUT2D eigenvalue weighted by atomic mass is 32.1. The fourth-order valence-electron chi connectivity index (χ4n) is 5.14. The lowest BCUT2D eigenvalue weighted by molar-refractivity contribution is -0.132. The zero-order valence-corrected chi connectivity index (χ0v) is 26.1. The maximum atomic E-state index is 13.7. The van der Waals surface area contributed by atoms with Crippen LogP contribution in [-0.4, -0.2) is 39.6 Å². The average Bonchev–Trinajstić information content (AvgIpc) is 3.52. The normalized spacial score (nSPS) is 11.5. The highest BCUT2D eigenvalue weighted by Gasteiger charge is 2.27. The van der Waals surface area contributed by atoms with E-state index in [1.807, 2.05) is 91.9 Å². The summed E-state index contributed by atoms with van der Waals surface area (Å²) < 4.78 is 0.725. The van der Waals surface area contributed by atoms with Crippen LogP contribution in [-0.2, 0) is 11.3 Å². The lowest BCUT2D eigenvalue weighted by atomic mass is 10.0. The first-order valence-corrected chi connectivity index (χ1v) is 15.5. The smallest absolute Gasteiger partial charge is 0.281 e. The molecule has 0 aliphatic heterocycles. The van der Waals surface area contributed by atoms with E-state index < -0.39 is 11.9 Å². The van der Waals surface area contributed by atoms with Gasteiger partial charge >= 0.3 is 0 Å². The van der Waals surface area contributed by atoms with E-state index in [-0.39, 0.29) is 16.8 Å². The molecule has 2 heterocycles. The molecule has 6 rings (SSSR count). The van der Waals surface area contributed by atoms with E-state index in [1.54, 1.807) is 48.6 Å². The molecule has 4 aromatic carbocycles. The third-order valence-electron chi connectivity index (χ3n) is 7.56. The van der Waals surface area contributed by atoms with Crippen LogP contribution in [0.4, 0.5) is 5.69 Å². The van der Waals surface area contributed by atoms with Gasteiger partial charge in [-0.25, -0.2) is 4.98 Å². The van der Waals surface area contributed by atoms with Gasteiger partial charge in [0.1, 0.15) is 6.04 Å². The molecule has 0 fully saturated rings. The van der Waals surface area contributed by atoms with E-state index >= 15 is 0 Å². The van der Waals surface area contributed by atoms with E-state index in [0.29, 0.717) is 28.9 Å². The first-order chi connectivity index (χ1) is 22.4. The number of hydrogen-bond donors (Lipinski definition) is 2. The van der Waals surface area contributed by atoms with Gasteiger partial charge in [0.05, 0.1) is 10.2 Å². The van der Waals surface area contributed by atoms with Crippen molar-refractivity contribution in [2.24, 2.45) is 0 Å². The van der Waals surface area contributed by atoms with Crippen LogP contribution in [0.1, 0.15) is 42.9 Å². The molecule has 0 aliphatic rings. The lowest BCUT2D eigenvalue weighted by Gasteiger charge is -2.25. The maximum absolute atomic E-state index is 13.7. The Hall–Kier alpha value is -5.67. The Bertz CT molecular complexity index is 2010. The van der Waals surface area contributed by atoms with Crippen molar-refractivity contribution in [2.75, 3.05) is 12.4 Å². The van der Waals surface area contributed by atoms with Crippen LogP contribution >= 0.6 is 11.3 Å². The van der Waals surface area contributed by atoms with Gasteiger partial charge in [0.15, 0.2) is 5.01 Å². The fourth-order valence-corrected chi connectivity index (χ4v) is 6.05. The molecule has 0 saturated carbocycles. The van der Waals surface area contributed by atoms with E-state index in [9.17, 15) is 14.4 Å². The van der Waals surface area contributed by atoms with Crippen LogP contribution in [0.2, 0.25) is 0 Å². The number of fused-ring (bicyclic) bond motifs is 1. The van der Waals surface area contributed by atoms with Crippen LogP contribution in [0, 0.1) is 6.92 Å². The van der Waals surface area contributed by atoms with Gasteiger partial charge in [-0.15, -0.1) is 11.3 Å². The second-order valence-corrected chi connectivity index (χ2v) is 12.0. The Morgan fingerprint density at radius 1 is 0.848 bits per heavy atom. The molecule has 2 N–H and O–H groups in total. The van der Waals surface area contributed by atoms with Crippen molar-refractivity contribution < 1.29 is 14.4 Å². The first-order valence-electron chi connectivity index (χ1n) is 14.7. The summed E-state index contributed by atoms with van der Waals surface area (Å²) in [6, 6.07) is 32.7. The topological polar surface area (TPSA) is 104 Å². The zero-order chi connectivity index (χ0) is 32.0. The van der Waals surface area contributed by atoms with Crippen molar-refractivity contribution in [3.8, 4) is 11.1 Å². The lowest BCUT2D eigenvalue weighted by Crippen LogP contribution is -2.41. The minimum Gasteiger partial charge on any atom is -0.339 e. The number of benzene rings is 4. The number of carbonyl (C=O) groups excluding carboxylic acids is 3. The number of thiazole rings is 1. The van der Waals surface area contributed by atoms with Gasteiger partial charge in [-0.05, 0) is 53.9 Å². The summed E-state index contributed by atoms with van der Waals surface area (Å²) in [6.45, 7) is 2.42. The summed E-state index contributed by atoms with van der Waals surface area (Å²) in [6.07, 6.45) is 3.41. The SMILES string of the molecule is Cc1ccc(CN(C)C(=O)[C@@H](NC(=O)c2nc3ccc(NC(=O)c4ccccc4-c4cccnc4)cc3s2)c2ccccc2)cc1. The highest BCUT2D eigenvalue weighted by molar-refractivity contribution is 7.20. The average molecular weight is 626 g/mol. The van der Waals surface area contributed by atoms with Gasteiger partial charge in [-0.2, -0.15) is 0 Å². The maximum Gasteiger partial charge on any atom is 0.281 e. The molecule has 9 heteroatoms. The highest BCUT2D eigenvalue weighted by Crippen LogP contribution is 2.28. The Kier molecular flexibility index (Phi) is 8.94. The third-order valence-corrected chi connectivity index (χ3v) is 8.57. The number of nitrogens with zero attached hydrogens (tertiary/aromatic N) is 3. The second kappa shape index (κ2) is 13.5. The predicted octanol–water partition coefficient (Wildman–Crippen LogP) is 7.05. The second-order valence-electron chi connectivity index (χ2n) is 10.9. The zero-order valence-electron chi connectivity index (χ0n) is 25.3. The quantitative estimate of drug-likeness (QED) is 0.179. The van der Waals surface area contributed by atoms with Crippen molar-refractivity contribution in [3.05, 3.63) is 149 Å². The number of rotatable bonds is 9. The fraction of sp³-hybridized carbons (Fsp3) is 0.108. The largest absolute Gasteiger partial charge is 0.339 e. The Morgan fingerprint density at radius 2 is 1.61 bits per heavy atom. The third kappa shape index (κ3) is 6.85. The molecule has 0 unspecified atom stereocenters. The number of anilines is 1. The Labute approximate surface area is 270 Å². The molecule has 0 radical (unpaired) electrons. The van der Waals surface area contributed by atoms with Crippen LogP contribution in [0.15, 0.2) is 122 Å². The predicted molar refractivity (Wildman–Crippen MR) is 182 cm³/mol. The van der Waals surface area contributed by atoms with Crippen molar-refractivity contribution in [1.29, 1.82) is 0 Å².